The highest BCUT2D eigenvalue weighted by Gasteiger charge is 2.23. The third-order valence-corrected chi connectivity index (χ3v) is 6.02. The molecule has 0 unspecified atom stereocenters. The molecule has 5 heteroatoms. The number of thiophene rings is 1. The fourth-order valence-corrected chi connectivity index (χ4v) is 4.31. The Hall–Kier alpha value is -1.85. The van der Waals surface area contributed by atoms with Crippen molar-refractivity contribution in [2.24, 2.45) is 0 Å². The molecule has 2 aromatic rings. The number of benzene rings is 1. The Bertz CT molecular complexity index is 679. The Morgan fingerprint density at radius 2 is 1.96 bits per heavy atom. The number of ether oxygens (including phenoxy) is 1. The lowest BCUT2D eigenvalue weighted by Crippen LogP contribution is -2.40. The molecule has 1 aromatic carbocycles. The summed E-state index contributed by atoms with van der Waals surface area (Å²) < 4.78 is 5.67. The lowest BCUT2D eigenvalue weighted by molar-refractivity contribution is 0.0925. The number of carbonyl (C=O) groups excluding carboxylic acids is 1. The number of piperidine rings is 1. The molecule has 4 nitrogen and oxygen atoms in total. The molecule has 1 fully saturated rings. The summed E-state index contributed by atoms with van der Waals surface area (Å²) in [4.78, 5) is 16.5. The summed E-state index contributed by atoms with van der Waals surface area (Å²) in [6, 6.07) is 12.0. The number of unbranched alkanes of at least 4 members (excludes halogenated alkanes) is 1. The van der Waals surface area contributed by atoms with Gasteiger partial charge in [0, 0.05) is 17.0 Å². The second kappa shape index (κ2) is 10.5. The smallest absolute Gasteiger partial charge is 0.251 e. The van der Waals surface area contributed by atoms with Crippen LogP contribution in [0, 0.1) is 0 Å². The van der Waals surface area contributed by atoms with Crippen molar-refractivity contribution in [1.82, 2.24) is 10.2 Å². The average Bonchev–Trinajstić information content (AvgIpc) is 3.24. The SMILES string of the molecule is CCCCOc1ccc(C(=O)NC[C@H](c2cccs2)N2CCCCC2)cc1. The van der Waals surface area contributed by atoms with Gasteiger partial charge in [0.05, 0.1) is 12.6 Å². The molecule has 0 bridgehead atoms. The zero-order valence-corrected chi connectivity index (χ0v) is 17.0. The van der Waals surface area contributed by atoms with Gasteiger partial charge in [-0.25, -0.2) is 0 Å². The normalized spacial score (nSPS) is 16.0. The Labute approximate surface area is 166 Å². The second-order valence-corrected chi connectivity index (χ2v) is 8.04. The molecule has 0 aliphatic carbocycles. The van der Waals surface area contributed by atoms with Crippen molar-refractivity contribution in [1.29, 1.82) is 0 Å². The van der Waals surface area contributed by atoms with Gasteiger partial charge >= 0.3 is 0 Å². The van der Waals surface area contributed by atoms with E-state index in [1.165, 1.54) is 24.1 Å². The first kappa shape index (κ1) is 19.9. The third-order valence-electron chi connectivity index (χ3n) is 5.04. The van der Waals surface area contributed by atoms with Crippen molar-refractivity contribution in [3.8, 4) is 5.75 Å². The zero-order chi connectivity index (χ0) is 18.9. The highest BCUT2D eigenvalue weighted by Crippen LogP contribution is 2.27. The van der Waals surface area contributed by atoms with Crippen molar-refractivity contribution >= 4 is 17.2 Å². The van der Waals surface area contributed by atoms with E-state index in [4.69, 9.17) is 4.74 Å². The topological polar surface area (TPSA) is 41.6 Å². The molecule has 1 aromatic heterocycles. The number of hydrogen-bond acceptors (Lipinski definition) is 4. The summed E-state index contributed by atoms with van der Waals surface area (Å²) in [5.41, 5.74) is 0.682. The standard InChI is InChI=1S/C22H30N2O2S/c1-2-3-15-26-19-11-9-18(10-12-19)22(25)23-17-20(21-8-7-16-27-21)24-13-5-4-6-14-24/h7-12,16,20H,2-6,13-15,17H2,1H3,(H,23,25)/t20-/m1/s1. The van der Waals surface area contributed by atoms with E-state index in [0.717, 1.165) is 38.3 Å². The van der Waals surface area contributed by atoms with Crippen molar-refractivity contribution in [3.05, 3.63) is 52.2 Å². The monoisotopic (exact) mass is 386 g/mol. The van der Waals surface area contributed by atoms with Crippen LogP contribution < -0.4 is 10.1 Å². The lowest BCUT2D eigenvalue weighted by atomic mass is 10.1. The van der Waals surface area contributed by atoms with E-state index >= 15 is 0 Å². The Morgan fingerprint density at radius 1 is 1.19 bits per heavy atom. The van der Waals surface area contributed by atoms with Crippen LogP contribution in [0.5, 0.6) is 5.75 Å². The number of amides is 1. The van der Waals surface area contributed by atoms with Gasteiger partial charge in [-0.3, -0.25) is 9.69 Å². The fraction of sp³-hybridized carbons (Fsp3) is 0.500. The van der Waals surface area contributed by atoms with E-state index in [0.29, 0.717) is 12.1 Å². The largest absolute Gasteiger partial charge is 0.494 e. The van der Waals surface area contributed by atoms with Gasteiger partial charge in [0.1, 0.15) is 5.75 Å². The fourth-order valence-electron chi connectivity index (χ4n) is 3.45. The first-order valence-electron chi connectivity index (χ1n) is 10.1. The number of nitrogens with zero attached hydrogens (tertiary/aromatic N) is 1. The Morgan fingerprint density at radius 3 is 2.63 bits per heavy atom. The molecule has 27 heavy (non-hydrogen) atoms. The highest BCUT2D eigenvalue weighted by molar-refractivity contribution is 7.10. The molecule has 1 aliphatic heterocycles. The summed E-state index contributed by atoms with van der Waals surface area (Å²) in [5.74, 6) is 0.804. The molecule has 2 heterocycles. The molecule has 0 radical (unpaired) electrons. The number of nitrogens with one attached hydrogen (secondary N) is 1. The van der Waals surface area contributed by atoms with Crippen molar-refractivity contribution in [3.63, 3.8) is 0 Å². The van der Waals surface area contributed by atoms with Crippen LogP contribution in [-0.4, -0.2) is 37.0 Å². The van der Waals surface area contributed by atoms with Crippen molar-refractivity contribution < 1.29 is 9.53 Å². The van der Waals surface area contributed by atoms with Gasteiger partial charge in [0.25, 0.3) is 5.91 Å². The molecule has 1 aliphatic rings. The highest BCUT2D eigenvalue weighted by atomic mass is 32.1. The van der Waals surface area contributed by atoms with Gasteiger partial charge in [-0.15, -0.1) is 11.3 Å². The van der Waals surface area contributed by atoms with Gasteiger partial charge in [-0.2, -0.15) is 0 Å². The second-order valence-electron chi connectivity index (χ2n) is 7.06. The van der Waals surface area contributed by atoms with Crippen LogP contribution in [0.2, 0.25) is 0 Å². The minimum Gasteiger partial charge on any atom is -0.494 e. The molecular weight excluding hydrogens is 356 g/mol. The molecule has 1 amide bonds. The molecular formula is C22H30N2O2S. The van der Waals surface area contributed by atoms with Crippen LogP contribution in [-0.2, 0) is 0 Å². The maximum absolute atomic E-state index is 12.6. The van der Waals surface area contributed by atoms with E-state index in [1.807, 2.05) is 24.3 Å². The van der Waals surface area contributed by atoms with E-state index < -0.39 is 0 Å². The summed E-state index contributed by atoms with van der Waals surface area (Å²) >= 11 is 1.77. The van der Waals surface area contributed by atoms with Crippen LogP contribution >= 0.6 is 11.3 Å². The van der Waals surface area contributed by atoms with Crippen LogP contribution in [0.1, 0.15) is 60.3 Å². The number of carbonyl (C=O) groups is 1. The van der Waals surface area contributed by atoms with Crippen molar-refractivity contribution in [2.45, 2.75) is 45.1 Å². The summed E-state index contributed by atoms with van der Waals surface area (Å²) in [6.45, 7) is 5.74. The third kappa shape index (κ3) is 5.81. The minimum absolute atomic E-state index is 0.0197. The number of rotatable bonds is 9. The first-order chi connectivity index (χ1) is 13.3. The van der Waals surface area contributed by atoms with Gasteiger partial charge in [0.2, 0.25) is 0 Å². The predicted octanol–water partition coefficient (Wildman–Crippen LogP) is 4.88. The van der Waals surface area contributed by atoms with E-state index in [9.17, 15) is 4.79 Å². The van der Waals surface area contributed by atoms with Gasteiger partial charge in [-0.05, 0) is 68.1 Å². The van der Waals surface area contributed by atoms with Crippen molar-refractivity contribution in [2.75, 3.05) is 26.2 Å². The molecule has 1 N–H and O–H groups in total. The van der Waals surface area contributed by atoms with E-state index in [-0.39, 0.29) is 11.9 Å². The van der Waals surface area contributed by atoms with Crippen LogP contribution in [0.4, 0.5) is 0 Å². The van der Waals surface area contributed by atoms with E-state index in [2.05, 4.69) is 34.7 Å². The molecule has 0 spiro atoms. The maximum Gasteiger partial charge on any atom is 0.251 e. The van der Waals surface area contributed by atoms with Gasteiger partial charge in [0.15, 0.2) is 0 Å². The summed E-state index contributed by atoms with van der Waals surface area (Å²) in [7, 11) is 0. The number of hydrogen-bond donors (Lipinski definition) is 1. The Balaban J connectivity index is 1.57. The van der Waals surface area contributed by atoms with E-state index in [1.54, 1.807) is 11.3 Å². The molecule has 3 rings (SSSR count). The quantitative estimate of drug-likeness (QED) is 0.624. The lowest BCUT2D eigenvalue weighted by Gasteiger charge is -2.34. The molecule has 1 saturated heterocycles. The Kier molecular flexibility index (Phi) is 7.72. The maximum atomic E-state index is 12.6. The molecule has 0 saturated carbocycles. The molecule has 1 atom stereocenters. The minimum atomic E-state index is -0.0197. The zero-order valence-electron chi connectivity index (χ0n) is 16.2. The first-order valence-corrected chi connectivity index (χ1v) is 10.9. The van der Waals surface area contributed by atoms with Crippen LogP contribution in [0.15, 0.2) is 41.8 Å². The van der Waals surface area contributed by atoms with Crippen LogP contribution in [0.3, 0.4) is 0 Å². The van der Waals surface area contributed by atoms with Gasteiger partial charge < -0.3 is 10.1 Å². The summed E-state index contributed by atoms with van der Waals surface area (Å²) in [6.07, 6.45) is 5.96. The number of likely N-dealkylation sites (tertiary alicyclic amines) is 1. The molecule has 146 valence electrons. The predicted molar refractivity (Wildman–Crippen MR) is 112 cm³/mol. The average molecular weight is 387 g/mol. The van der Waals surface area contributed by atoms with Gasteiger partial charge in [-0.1, -0.05) is 25.8 Å². The van der Waals surface area contributed by atoms with Crippen LogP contribution in [0.25, 0.3) is 0 Å². The summed E-state index contributed by atoms with van der Waals surface area (Å²) in [5, 5.41) is 5.26.